The lowest BCUT2D eigenvalue weighted by molar-refractivity contribution is -0.134. The number of benzene rings is 1. The molecule has 3 amide bonds. The number of hydrogen-bond donors (Lipinski definition) is 2. The number of primary amides is 1. The zero-order valence-corrected chi connectivity index (χ0v) is 13.1. The van der Waals surface area contributed by atoms with Crippen molar-refractivity contribution in [3.63, 3.8) is 0 Å². The number of nitrogens with two attached hydrogens (primary N) is 1. The lowest BCUT2D eigenvalue weighted by atomic mass is 10.0. The van der Waals surface area contributed by atoms with E-state index < -0.39 is 24.7 Å². The molecule has 0 bridgehead atoms. The highest BCUT2D eigenvalue weighted by molar-refractivity contribution is 5.95. The lowest BCUT2D eigenvalue weighted by Crippen LogP contribution is -2.33. The number of carbonyl (C=O) groups is 3. The Morgan fingerprint density at radius 1 is 1.33 bits per heavy atom. The van der Waals surface area contributed by atoms with Crippen LogP contribution in [0.1, 0.15) is 17.5 Å². The molecule has 0 spiro atoms. The third-order valence-electron chi connectivity index (χ3n) is 4.35. The van der Waals surface area contributed by atoms with Gasteiger partial charge in [0.15, 0.2) is 6.10 Å². The van der Waals surface area contributed by atoms with Gasteiger partial charge in [-0.05, 0) is 36.1 Å². The normalized spacial score (nSPS) is 20.4. The minimum atomic E-state index is -0.936. The van der Waals surface area contributed by atoms with Crippen molar-refractivity contribution in [3.05, 3.63) is 29.3 Å². The predicted molar refractivity (Wildman–Crippen MR) is 84.1 cm³/mol. The van der Waals surface area contributed by atoms with Crippen LogP contribution in [-0.2, 0) is 27.3 Å². The maximum Gasteiger partial charge on any atom is 0.415 e. The van der Waals surface area contributed by atoms with Crippen LogP contribution in [-0.4, -0.2) is 53.7 Å². The molecule has 3 N–H and O–H groups in total. The number of cyclic esters (lactones) is 1. The summed E-state index contributed by atoms with van der Waals surface area (Å²) in [5.41, 5.74) is 7.85. The van der Waals surface area contributed by atoms with Crippen molar-refractivity contribution in [1.82, 2.24) is 4.90 Å². The van der Waals surface area contributed by atoms with E-state index in [-0.39, 0.29) is 12.5 Å². The van der Waals surface area contributed by atoms with E-state index in [1.165, 1.54) is 4.90 Å². The first-order valence-electron chi connectivity index (χ1n) is 7.77. The largest absolute Gasteiger partial charge is 0.434 e. The van der Waals surface area contributed by atoms with Crippen molar-refractivity contribution >= 4 is 23.6 Å². The second kappa shape index (κ2) is 6.48. The summed E-state index contributed by atoms with van der Waals surface area (Å²) in [7, 11) is 0. The summed E-state index contributed by atoms with van der Waals surface area (Å²) >= 11 is 0. The molecule has 1 saturated heterocycles. The van der Waals surface area contributed by atoms with Crippen LogP contribution in [0, 0.1) is 0 Å². The quantitative estimate of drug-likeness (QED) is 0.793. The molecule has 8 heteroatoms. The fraction of sp³-hybridized carbons (Fsp3) is 0.438. The Hall–Kier alpha value is -2.61. The van der Waals surface area contributed by atoms with Gasteiger partial charge < -0.3 is 20.5 Å². The minimum absolute atomic E-state index is 0.0993. The summed E-state index contributed by atoms with van der Waals surface area (Å²) in [6, 6.07) is 5.50. The van der Waals surface area contributed by atoms with E-state index in [1.807, 2.05) is 12.1 Å². The fourth-order valence-corrected chi connectivity index (χ4v) is 3.05. The number of aliphatic hydroxyl groups is 1. The van der Waals surface area contributed by atoms with E-state index >= 15 is 0 Å². The number of amides is 3. The Kier molecular flexibility index (Phi) is 4.39. The number of nitrogens with zero attached hydrogens (tertiary/aromatic N) is 2. The van der Waals surface area contributed by atoms with Gasteiger partial charge in [-0.25, -0.2) is 4.79 Å². The summed E-state index contributed by atoms with van der Waals surface area (Å²) in [5, 5.41) is 9.03. The van der Waals surface area contributed by atoms with Crippen LogP contribution < -0.4 is 10.6 Å². The lowest BCUT2D eigenvalue weighted by Gasteiger charge is -2.20. The van der Waals surface area contributed by atoms with Crippen LogP contribution in [0.3, 0.4) is 0 Å². The van der Waals surface area contributed by atoms with Crippen molar-refractivity contribution in [2.75, 3.05) is 24.6 Å². The molecular weight excluding hydrogens is 314 g/mol. The van der Waals surface area contributed by atoms with Crippen LogP contribution in [0.2, 0.25) is 0 Å². The molecule has 0 saturated carbocycles. The average molecular weight is 333 g/mol. The molecule has 1 aromatic carbocycles. The van der Waals surface area contributed by atoms with Gasteiger partial charge in [0.05, 0.1) is 6.54 Å². The molecule has 2 heterocycles. The molecule has 2 aliphatic heterocycles. The molecular formula is C16H19N3O5. The van der Waals surface area contributed by atoms with Crippen molar-refractivity contribution in [1.29, 1.82) is 0 Å². The number of hydrogen-bond acceptors (Lipinski definition) is 5. The van der Waals surface area contributed by atoms with Gasteiger partial charge >= 0.3 is 6.09 Å². The van der Waals surface area contributed by atoms with Gasteiger partial charge in [0.1, 0.15) is 6.61 Å². The highest BCUT2D eigenvalue weighted by atomic mass is 16.6. The SMILES string of the molecule is NC(=O)[C@H]1CN(c2ccc3c(c2)CCCN(C(=O)CO)C3)C(=O)O1. The maximum absolute atomic E-state index is 11.9. The summed E-state index contributed by atoms with van der Waals surface area (Å²) in [6.45, 7) is 0.617. The van der Waals surface area contributed by atoms with Crippen molar-refractivity contribution < 1.29 is 24.2 Å². The van der Waals surface area contributed by atoms with E-state index in [4.69, 9.17) is 15.6 Å². The minimum Gasteiger partial charge on any atom is -0.434 e. The molecule has 2 aliphatic rings. The van der Waals surface area contributed by atoms with Crippen LogP contribution in [0.25, 0.3) is 0 Å². The molecule has 1 aromatic rings. The standard InChI is InChI=1S/C16H19N3O5/c17-15(22)13-8-19(16(23)24-13)12-4-3-11-7-18(14(21)9-20)5-1-2-10(11)6-12/h3-4,6,13,20H,1-2,5,7-9H2,(H2,17,22)/t13-/m1/s1. The second-order valence-electron chi connectivity index (χ2n) is 5.92. The van der Waals surface area contributed by atoms with Gasteiger partial charge in [-0.1, -0.05) is 6.07 Å². The molecule has 0 unspecified atom stereocenters. The van der Waals surface area contributed by atoms with Gasteiger partial charge in [0.2, 0.25) is 5.91 Å². The Bertz CT molecular complexity index is 690. The Morgan fingerprint density at radius 2 is 2.12 bits per heavy atom. The van der Waals surface area contributed by atoms with Gasteiger partial charge in [0.25, 0.3) is 5.91 Å². The third-order valence-corrected chi connectivity index (χ3v) is 4.35. The third kappa shape index (κ3) is 3.05. The van der Waals surface area contributed by atoms with Gasteiger partial charge in [-0.3, -0.25) is 14.5 Å². The number of rotatable bonds is 3. The van der Waals surface area contributed by atoms with Crippen LogP contribution >= 0.6 is 0 Å². The van der Waals surface area contributed by atoms with Crippen LogP contribution in [0.15, 0.2) is 18.2 Å². The summed E-state index contributed by atoms with van der Waals surface area (Å²) in [6.07, 6.45) is 0.00953. The van der Waals surface area contributed by atoms with E-state index in [0.29, 0.717) is 18.8 Å². The smallest absolute Gasteiger partial charge is 0.415 e. The van der Waals surface area contributed by atoms with Crippen molar-refractivity contribution in [2.24, 2.45) is 5.73 Å². The highest BCUT2D eigenvalue weighted by Gasteiger charge is 2.36. The predicted octanol–water partition coefficient (Wildman–Crippen LogP) is -0.236. The monoisotopic (exact) mass is 333 g/mol. The number of ether oxygens (including phenoxy) is 1. The molecule has 128 valence electrons. The maximum atomic E-state index is 11.9. The number of fused-ring (bicyclic) bond motifs is 1. The van der Waals surface area contributed by atoms with Gasteiger partial charge in [-0.15, -0.1) is 0 Å². The number of aliphatic hydroxyl groups excluding tert-OH is 1. The van der Waals surface area contributed by atoms with E-state index in [0.717, 1.165) is 24.0 Å². The van der Waals surface area contributed by atoms with Crippen molar-refractivity contribution in [2.45, 2.75) is 25.5 Å². The van der Waals surface area contributed by atoms with E-state index in [1.54, 1.807) is 11.0 Å². The Morgan fingerprint density at radius 3 is 2.79 bits per heavy atom. The Labute approximate surface area is 138 Å². The van der Waals surface area contributed by atoms with Crippen LogP contribution in [0.5, 0.6) is 0 Å². The molecule has 1 fully saturated rings. The number of carbonyl (C=O) groups excluding carboxylic acids is 3. The molecule has 0 aromatic heterocycles. The van der Waals surface area contributed by atoms with E-state index in [2.05, 4.69) is 0 Å². The highest BCUT2D eigenvalue weighted by Crippen LogP contribution is 2.27. The Balaban J connectivity index is 1.82. The summed E-state index contributed by atoms with van der Waals surface area (Å²) in [5.74, 6) is -0.960. The van der Waals surface area contributed by atoms with Crippen LogP contribution in [0.4, 0.5) is 10.5 Å². The van der Waals surface area contributed by atoms with E-state index in [9.17, 15) is 14.4 Å². The zero-order chi connectivity index (χ0) is 17.3. The molecule has 0 radical (unpaired) electrons. The number of aryl methyl sites for hydroxylation is 1. The molecule has 24 heavy (non-hydrogen) atoms. The fourth-order valence-electron chi connectivity index (χ4n) is 3.05. The first-order valence-corrected chi connectivity index (χ1v) is 7.77. The number of anilines is 1. The molecule has 1 atom stereocenters. The van der Waals surface area contributed by atoms with Gasteiger partial charge in [0, 0.05) is 18.8 Å². The summed E-state index contributed by atoms with van der Waals surface area (Å²) < 4.78 is 4.95. The zero-order valence-electron chi connectivity index (χ0n) is 13.1. The average Bonchev–Trinajstić information content (AvgIpc) is 2.83. The summed E-state index contributed by atoms with van der Waals surface area (Å²) in [4.78, 5) is 37.8. The topological polar surface area (TPSA) is 113 Å². The molecule has 3 rings (SSSR count). The van der Waals surface area contributed by atoms with Gasteiger partial charge in [-0.2, -0.15) is 0 Å². The van der Waals surface area contributed by atoms with Crippen molar-refractivity contribution in [3.8, 4) is 0 Å². The second-order valence-corrected chi connectivity index (χ2v) is 5.92. The molecule has 8 nitrogen and oxygen atoms in total. The first kappa shape index (κ1) is 16.3. The first-order chi connectivity index (χ1) is 11.5. The molecule has 0 aliphatic carbocycles.